The molecular formula is C12H21NO2. The second kappa shape index (κ2) is 5.52. The van der Waals surface area contributed by atoms with E-state index in [9.17, 15) is 5.11 Å². The first-order valence-electron chi connectivity index (χ1n) is 6.06. The summed E-state index contributed by atoms with van der Waals surface area (Å²) in [5.41, 5.74) is 0. The van der Waals surface area contributed by atoms with Crippen LogP contribution < -0.4 is 5.32 Å². The van der Waals surface area contributed by atoms with Crippen LogP contribution in [-0.4, -0.2) is 29.9 Å². The summed E-state index contributed by atoms with van der Waals surface area (Å²) in [5, 5.41) is 13.0. The molecule has 1 aliphatic carbocycles. The Kier molecular flexibility index (Phi) is 4.03. The first kappa shape index (κ1) is 11.0. The van der Waals surface area contributed by atoms with Crippen molar-refractivity contribution in [2.24, 2.45) is 0 Å². The van der Waals surface area contributed by atoms with Crippen molar-refractivity contribution in [1.29, 1.82) is 0 Å². The van der Waals surface area contributed by atoms with Gasteiger partial charge in [0.2, 0.25) is 0 Å². The largest absolute Gasteiger partial charge is 0.497 e. The van der Waals surface area contributed by atoms with Crippen LogP contribution in [0, 0.1) is 0 Å². The molecule has 15 heavy (non-hydrogen) atoms. The molecule has 1 heterocycles. The summed E-state index contributed by atoms with van der Waals surface area (Å²) in [7, 11) is 0. The van der Waals surface area contributed by atoms with E-state index in [4.69, 9.17) is 4.74 Å². The number of aliphatic hydroxyl groups is 1. The second-order valence-corrected chi connectivity index (χ2v) is 4.63. The highest BCUT2D eigenvalue weighted by molar-refractivity contribution is 4.84. The highest BCUT2D eigenvalue weighted by atomic mass is 16.5. The van der Waals surface area contributed by atoms with Crippen LogP contribution in [0.2, 0.25) is 0 Å². The summed E-state index contributed by atoms with van der Waals surface area (Å²) in [5.74, 6) is 0. The van der Waals surface area contributed by atoms with Crippen molar-refractivity contribution in [1.82, 2.24) is 5.32 Å². The van der Waals surface area contributed by atoms with E-state index < -0.39 is 0 Å². The van der Waals surface area contributed by atoms with Crippen LogP contribution in [0.15, 0.2) is 12.3 Å². The monoisotopic (exact) mass is 211 g/mol. The third-order valence-corrected chi connectivity index (χ3v) is 3.30. The molecule has 0 spiro atoms. The van der Waals surface area contributed by atoms with Crippen LogP contribution >= 0.6 is 0 Å². The van der Waals surface area contributed by atoms with Gasteiger partial charge in [-0.05, 0) is 44.6 Å². The second-order valence-electron chi connectivity index (χ2n) is 4.63. The zero-order chi connectivity index (χ0) is 10.5. The van der Waals surface area contributed by atoms with Crippen molar-refractivity contribution in [3.8, 4) is 0 Å². The normalized spacial score (nSPS) is 36.2. The fourth-order valence-corrected chi connectivity index (χ4v) is 2.38. The maximum Gasteiger partial charge on any atom is 0.110 e. The summed E-state index contributed by atoms with van der Waals surface area (Å²) in [4.78, 5) is 0. The quantitative estimate of drug-likeness (QED) is 0.744. The van der Waals surface area contributed by atoms with Crippen LogP contribution in [0.25, 0.3) is 0 Å². The summed E-state index contributed by atoms with van der Waals surface area (Å²) in [6.07, 6.45) is 10.6. The lowest BCUT2D eigenvalue weighted by molar-refractivity contribution is 0.0923. The molecule has 86 valence electrons. The molecule has 3 nitrogen and oxygen atoms in total. The molecule has 1 fully saturated rings. The average Bonchev–Trinajstić information content (AvgIpc) is 2.28. The summed E-state index contributed by atoms with van der Waals surface area (Å²) >= 11 is 0. The molecule has 3 unspecified atom stereocenters. The fraction of sp³-hybridized carbons (Fsp3) is 0.833. The lowest BCUT2D eigenvalue weighted by Gasteiger charge is -2.29. The zero-order valence-corrected chi connectivity index (χ0v) is 9.19. The predicted octanol–water partition coefficient (Wildman–Crippen LogP) is 1.57. The van der Waals surface area contributed by atoms with Crippen molar-refractivity contribution in [3.05, 3.63) is 12.3 Å². The van der Waals surface area contributed by atoms with Gasteiger partial charge in [0.25, 0.3) is 0 Å². The summed E-state index contributed by atoms with van der Waals surface area (Å²) in [6.45, 7) is 0.918. The van der Waals surface area contributed by atoms with Crippen LogP contribution in [0.5, 0.6) is 0 Å². The van der Waals surface area contributed by atoms with E-state index in [2.05, 4.69) is 11.4 Å². The van der Waals surface area contributed by atoms with Gasteiger partial charge in [0.15, 0.2) is 0 Å². The minimum absolute atomic E-state index is 0.0941. The predicted molar refractivity (Wildman–Crippen MR) is 59.5 cm³/mol. The van der Waals surface area contributed by atoms with Crippen molar-refractivity contribution >= 4 is 0 Å². The first-order chi connectivity index (χ1) is 7.34. The molecule has 0 saturated heterocycles. The van der Waals surface area contributed by atoms with Gasteiger partial charge in [0.05, 0.1) is 12.4 Å². The standard InChI is InChI=1S/C12H21NO2/c14-11-5-3-4-10(8-11)13-9-12-6-1-2-7-15-12/h2,7,10-14H,1,3-6,8-9H2. The van der Waals surface area contributed by atoms with Gasteiger partial charge in [-0.25, -0.2) is 0 Å². The Morgan fingerprint density at radius 3 is 3.00 bits per heavy atom. The van der Waals surface area contributed by atoms with E-state index in [0.717, 1.165) is 38.6 Å². The molecule has 3 atom stereocenters. The van der Waals surface area contributed by atoms with Gasteiger partial charge in [0, 0.05) is 12.6 Å². The molecule has 0 bridgehead atoms. The lowest BCUT2D eigenvalue weighted by Crippen LogP contribution is -2.40. The van der Waals surface area contributed by atoms with Crippen LogP contribution in [0.1, 0.15) is 38.5 Å². The number of aliphatic hydroxyl groups excluding tert-OH is 1. The highest BCUT2D eigenvalue weighted by Crippen LogP contribution is 2.18. The molecule has 1 aliphatic heterocycles. The fourth-order valence-electron chi connectivity index (χ4n) is 2.38. The lowest BCUT2D eigenvalue weighted by atomic mass is 9.93. The van der Waals surface area contributed by atoms with Crippen LogP contribution in [0.4, 0.5) is 0 Å². The highest BCUT2D eigenvalue weighted by Gasteiger charge is 2.21. The molecule has 2 rings (SSSR count). The van der Waals surface area contributed by atoms with Crippen molar-refractivity contribution in [2.75, 3.05) is 6.54 Å². The molecule has 0 radical (unpaired) electrons. The average molecular weight is 211 g/mol. The molecule has 1 saturated carbocycles. The van der Waals surface area contributed by atoms with E-state index in [0.29, 0.717) is 12.1 Å². The third kappa shape index (κ3) is 3.50. The Bertz CT molecular complexity index is 218. The Labute approximate surface area is 91.5 Å². The number of allylic oxidation sites excluding steroid dienone is 1. The van der Waals surface area contributed by atoms with Gasteiger partial charge in [-0.1, -0.05) is 0 Å². The van der Waals surface area contributed by atoms with Crippen LogP contribution in [-0.2, 0) is 4.74 Å². The molecule has 3 heteroatoms. The summed E-state index contributed by atoms with van der Waals surface area (Å²) < 4.78 is 5.49. The molecule has 2 aliphatic rings. The minimum atomic E-state index is -0.0941. The van der Waals surface area contributed by atoms with Gasteiger partial charge in [-0.3, -0.25) is 0 Å². The molecule has 2 N–H and O–H groups in total. The Balaban J connectivity index is 1.66. The maximum absolute atomic E-state index is 9.53. The number of rotatable bonds is 3. The summed E-state index contributed by atoms with van der Waals surface area (Å²) in [6, 6.07) is 0.489. The van der Waals surface area contributed by atoms with E-state index >= 15 is 0 Å². The van der Waals surface area contributed by atoms with Gasteiger partial charge >= 0.3 is 0 Å². The number of nitrogens with one attached hydrogen (secondary N) is 1. The third-order valence-electron chi connectivity index (χ3n) is 3.30. The maximum atomic E-state index is 9.53. The zero-order valence-electron chi connectivity index (χ0n) is 9.19. The van der Waals surface area contributed by atoms with Gasteiger partial charge in [0.1, 0.15) is 6.10 Å². The van der Waals surface area contributed by atoms with E-state index in [1.807, 2.05) is 6.26 Å². The topological polar surface area (TPSA) is 41.5 Å². The van der Waals surface area contributed by atoms with Crippen molar-refractivity contribution in [2.45, 2.75) is 56.8 Å². The van der Waals surface area contributed by atoms with E-state index in [1.54, 1.807) is 0 Å². The molecular weight excluding hydrogens is 190 g/mol. The SMILES string of the molecule is OC1CCCC(NCC2CCC=CO2)C1. The number of hydrogen-bond acceptors (Lipinski definition) is 3. The van der Waals surface area contributed by atoms with Crippen molar-refractivity contribution in [3.63, 3.8) is 0 Å². The first-order valence-corrected chi connectivity index (χ1v) is 6.06. The molecule has 0 aromatic heterocycles. The van der Waals surface area contributed by atoms with Crippen molar-refractivity contribution < 1.29 is 9.84 Å². The molecule has 0 aromatic carbocycles. The number of ether oxygens (including phenoxy) is 1. The minimum Gasteiger partial charge on any atom is -0.497 e. The molecule has 0 aromatic rings. The molecule has 0 amide bonds. The van der Waals surface area contributed by atoms with E-state index in [-0.39, 0.29) is 6.10 Å². The van der Waals surface area contributed by atoms with E-state index in [1.165, 1.54) is 6.42 Å². The van der Waals surface area contributed by atoms with Crippen LogP contribution in [0.3, 0.4) is 0 Å². The number of hydrogen-bond donors (Lipinski definition) is 2. The van der Waals surface area contributed by atoms with Gasteiger partial charge in [-0.15, -0.1) is 0 Å². The van der Waals surface area contributed by atoms with Gasteiger partial charge < -0.3 is 15.2 Å². The smallest absolute Gasteiger partial charge is 0.110 e. The Morgan fingerprint density at radius 1 is 1.33 bits per heavy atom. The Morgan fingerprint density at radius 2 is 2.27 bits per heavy atom. The van der Waals surface area contributed by atoms with Gasteiger partial charge in [-0.2, -0.15) is 0 Å². The Hall–Kier alpha value is -0.540.